The minimum absolute atomic E-state index is 1.03. The smallest absolute Gasteiger partial charge is 0.00556 e. The first-order valence-corrected chi connectivity index (χ1v) is 4.67. The summed E-state index contributed by atoms with van der Waals surface area (Å²) >= 11 is 0. The highest BCUT2D eigenvalue weighted by Crippen LogP contribution is 2.00. The summed E-state index contributed by atoms with van der Waals surface area (Å²) in [7, 11) is 4.06. The zero-order valence-corrected chi connectivity index (χ0v) is 9.46. The first-order chi connectivity index (χ1) is 6.02. The molecule has 0 aliphatic carbocycles. The number of hydrogen-bond acceptors (Lipinski definition) is 1. The van der Waals surface area contributed by atoms with Gasteiger partial charge in [-0.25, -0.2) is 0 Å². The molecule has 0 N–H and O–H groups in total. The highest BCUT2D eigenvalue weighted by Gasteiger charge is 1.82. The molecule has 0 amide bonds. The van der Waals surface area contributed by atoms with Crippen LogP contribution in [0.3, 0.4) is 0 Å². The molecule has 0 aromatic carbocycles. The fourth-order valence-corrected chi connectivity index (χ4v) is 0.815. The van der Waals surface area contributed by atoms with Gasteiger partial charge in [-0.1, -0.05) is 23.3 Å². The Morgan fingerprint density at radius 1 is 1.08 bits per heavy atom. The number of hydrogen-bond donors (Lipinski definition) is 0. The van der Waals surface area contributed by atoms with Gasteiger partial charge in [0.15, 0.2) is 0 Å². The predicted molar refractivity (Wildman–Crippen MR) is 60.6 cm³/mol. The third-order valence-electron chi connectivity index (χ3n) is 1.60. The highest BCUT2D eigenvalue weighted by molar-refractivity contribution is 5.16. The van der Waals surface area contributed by atoms with Gasteiger partial charge < -0.3 is 4.90 Å². The van der Waals surface area contributed by atoms with Crippen molar-refractivity contribution in [1.82, 2.24) is 4.90 Å². The molecule has 0 aliphatic heterocycles. The third kappa shape index (κ3) is 8.93. The molecule has 1 heteroatoms. The topological polar surface area (TPSA) is 3.24 Å². The van der Waals surface area contributed by atoms with Crippen LogP contribution in [-0.4, -0.2) is 19.0 Å². The zero-order valence-electron chi connectivity index (χ0n) is 9.46. The number of allylic oxidation sites excluding steroid dienone is 5. The van der Waals surface area contributed by atoms with Crippen LogP contribution in [0.25, 0.3) is 0 Å². The van der Waals surface area contributed by atoms with Crippen molar-refractivity contribution in [2.24, 2.45) is 0 Å². The van der Waals surface area contributed by atoms with Gasteiger partial charge in [-0.3, -0.25) is 0 Å². The van der Waals surface area contributed by atoms with Crippen LogP contribution < -0.4 is 0 Å². The molecule has 74 valence electrons. The largest absolute Gasteiger partial charge is 0.383 e. The van der Waals surface area contributed by atoms with Crippen molar-refractivity contribution in [3.63, 3.8) is 0 Å². The van der Waals surface area contributed by atoms with Crippen molar-refractivity contribution in [3.8, 4) is 0 Å². The molecule has 0 rings (SSSR count). The van der Waals surface area contributed by atoms with Crippen LogP contribution in [0, 0.1) is 0 Å². The Morgan fingerprint density at radius 2 is 1.69 bits per heavy atom. The SMILES string of the molecule is CC(C)=CCC=C(C)C=CN(C)C. The van der Waals surface area contributed by atoms with Crippen molar-refractivity contribution < 1.29 is 0 Å². The molecule has 1 nitrogen and oxygen atoms in total. The maximum absolute atomic E-state index is 2.23. The van der Waals surface area contributed by atoms with Gasteiger partial charge in [0, 0.05) is 14.1 Å². The number of rotatable bonds is 4. The average Bonchev–Trinajstić information content (AvgIpc) is 2.00. The first kappa shape index (κ1) is 12.0. The minimum atomic E-state index is 1.03. The summed E-state index contributed by atoms with van der Waals surface area (Å²) in [5.74, 6) is 0. The molecule has 0 atom stereocenters. The lowest BCUT2D eigenvalue weighted by Gasteiger charge is -2.02. The van der Waals surface area contributed by atoms with E-state index >= 15 is 0 Å². The van der Waals surface area contributed by atoms with E-state index in [1.165, 1.54) is 11.1 Å². The number of nitrogens with zero attached hydrogens (tertiary/aromatic N) is 1. The lowest BCUT2D eigenvalue weighted by atomic mass is 10.2. The Hall–Kier alpha value is -0.980. The van der Waals surface area contributed by atoms with E-state index < -0.39 is 0 Å². The monoisotopic (exact) mass is 179 g/mol. The van der Waals surface area contributed by atoms with E-state index in [1.807, 2.05) is 19.0 Å². The van der Waals surface area contributed by atoms with Gasteiger partial charge >= 0.3 is 0 Å². The zero-order chi connectivity index (χ0) is 10.3. The standard InChI is InChI=1S/C12H21N/c1-11(2)7-6-8-12(3)9-10-13(4)5/h7-10H,6H2,1-5H3. The minimum Gasteiger partial charge on any atom is -0.383 e. The molecule has 0 aromatic heterocycles. The summed E-state index contributed by atoms with van der Waals surface area (Å²) in [4.78, 5) is 2.04. The molecule has 0 spiro atoms. The van der Waals surface area contributed by atoms with Crippen LogP contribution in [0.4, 0.5) is 0 Å². The third-order valence-corrected chi connectivity index (χ3v) is 1.60. The molecule has 0 fully saturated rings. The van der Waals surface area contributed by atoms with E-state index in [4.69, 9.17) is 0 Å². The predicted octanol–water partition coefficient (Wildman–Crippen LogP) is 3.36. The molecule has 0 unspecified atom stereocenters. The van der Waals surface area contributed by atoms with Gasteiger partial charge in [-0.05, 0) is 39.5 Å². The molecule has 0 saturated carbocycles. The van der Waals surface area contributed by atoms with Gasteiger partial charge in [-0.2, -0.15) is 0 Å². The maximum Gasteiger partial charge on any atom is 0.00556 e. The van der Waals surface area contributed by atoms with Crippen LogP contribution in [0.15, 0.2) is 35.6 Å². The van der Waals surface area contributed by atoms with Crippen LogP contribution in [0.2, 0.25) is 0 Å². The molecule has 0 aromatic rings. The Balaban J connectivity index is 3.96. The quantitative estimate of drug-likeness (QED) is 0.472. The molecule has 0 aliphatic rings. The molecule has 13 heavy (non-hydrogen) atoms. The second-order valence-electron chi connectivity index (χ2n) is 3.74. The summed E-state index contributed by atoms with van der Waals surface area (Å²) in [6.07, 6.45) is 9.68. The van der Waals surface area contributed by atoms with E-state index in [-0.39, 0.29) is 0 Å². The fourth-order valence-electron chi connectivity index (χ4n) is 0.815. The molecular weight excluding hydrogens is 158 g/mol. The fraction of sp³-hybridized carbons (Fsp3) is 0.500. The summed E-state index contributed by atoms with van der Waals surface area (Å²) in [5.41, 5.74) is 2.69. The molecule has 0 saturated heterocycles. The van der Waals surface area contributed by atoms with E-state index in [2.05, 4.69) is 45.2 Å². The van der Waals surface area contributed by atoms with Crippen molar-refractivity contribution in [3.05, 3.63) is 35.6 Å². The van der Waals surface area contributed by atoms with E-state index in [0.717, 1.165) is 6.42 Å². The second kappa shape index (κ2) is 6.53. The maximum atomic E-state index is 2.23. The Morgan fingerprint density at radius 3 is 2.15 bits per heavy atom. The van der Waals surface area contributed by atoms with E-state index in [1.54, 1.807) is 0 Å². The molecule has 0 heterocycles. The first-order valence-electron chi connectivity index (χ1n) is 4.67. The second-order valence-corrected chi connectivity index (χ2v) is 3.74. The molecule has 0 radical (unpaired) electrons. The lowest BCUT2D eigenvalue weighted by Crippen LogP contribution is -1.99. The molecular formula is C12H21N. The van der Waals surface area contributed by atoms with E-state index in [9.17, 15) is 0 Å². The highest BCUT2D eigenvalue weighted by atomic mass is 15.0. The Kier molecular flexibility index (Phi) is 6.03. The van der Waals surface area contributed by atoms with Gasteiger partial charge in [-0.15, -0.1) is 0 Å². The van der Waals surface area contributed by atoms with Crippen molar-refractivity contribution in [2.75, 3.05) is 14.1 Å². The average molecular weight is 179 g/mol. The van der Waals surface area contributed by atoms with Gasteiger partial charge in [0.2, 0.25) is 0 Å². The normalized spacial score (nSPS) is 11.9. The van der Waals surface area contributed by atoms with Crippen molar-refractivity contribution in [2.45, 2.75) is 27.2 Å². The van der Waals surface area contributed by atoms with Crippen LogP contribution in [0.1, 0.15) is 27.2 Å². The summed E-state index contributed by atoms with van der Waals surface area (Å²) in [5, 5.41) is 0. The van der Waals surface area contributed by atoms with Gasteiger partial charge in [0.1, 0.15) is 0 Å². The summed E-state index contributed by atoms with van der Waals surface area (Å²) in [6, 6.07) is 0. The van der Waals surface area contributed by atoms with Gasteiger partial charge in [0.25, 0.3) is 0 Å². The van der Waals surface area contributed by atoms with Crippen LogP contribution >= 0.6 is 0 Å². The van der Waals surface area contributed by atoms with Crippen molar-refractivity contribution >= 4 is 0 Å². The molecule has 0 bridgehead atoms. The summed E-state index contributed by atoms with van der Waals surface area (Å²) in [6.45, 7) is 6.37. The summed E-state index contributed by atoms with van der Waals surface area (Å²) < 4.78 is 0. The van der Waals surface area contributed by atoms with Gasteiger partial charge in [0.05, 0.1) is 0 Å². The lowest BCUT2D eigenvalue weighted by molar-refractivity contribution is 0.563. The van der Waals surface area contributed by atoms with Crippen LogP contribution in [0.5, 0.6) is 0 Å². The van der Waals surface area contributed by atoms with Crippen molar-refractivity contribution in [1.29, 1.82) is 0 Å². The van der Waals surface area contributed by atoms with Crippen LogP contribution in [-0.2, 0) is 0 Å². The van der Waals surface area contributed by atoms with E-state index in [0.29, 0.717) is 0 Å². The Labute approximate surface area is 82.4 Å². The Bertz CT molecular complexity index is 215.